The molecule has 0 saturated carbocycles. The molecule has 17 heavy (non-hydrogen) atoms. The van der Waals surface area contributed by atoms with Crippen LogP contribution in [0.3, 0.4) is 0 Å². The van der Waals surface area contributed by atoms with Crippen LogP contribution in [0.1, 0.15) is 26.1 Å². The molecule has 1 aromatic rings. The number of rotatable bonds is 8. The lowest BCUT2D eigenvalue weighted by Crippen LogP contribution is -2.31. The molecule has 4 nitrogen and oxygen atoms in total. The molecule has 1 heterocycles. The Bertz CT molecular complexity index is 311. The Hall–Kier alpha value is -0.870. The van der Waals surface area contributed by atoms with Gasteiger partial charge >= 0.3 is 0 Å². The first kappa shape index (κ1) is 14.2. The van der Waals surface area contributed by atoms with Crippen LogP contribution in [0.2, 0.25) is 0 Å². The van der Waals surface area contributed by atoms with E-state index in [0.717, 1.165) is 31.8 Å². The summed E-state index contributed by atoms with van der Waals surface area (Å²) < 4.78 is 7.38. The van der Waals surface area contributed by atoms with Gasteiger partial charge in [-0.15, -0.1) is 0 Å². The Labute approximate surface area is 104 Å². The summed E-state index contributed by atoms with van der Waals surface area (Å²) in [6, 6.07) is 0.466. The number of hydrogen-bond acceptors (Lipinski definition) is 3. The maximum Gasteiger partial charge on any atom is 0.110 e. The van der Waals surface area contributed by atoms with Crippen molar-refractivity contribution >= 4 is 0 Å². The van der Waals surface area contributed by atoms with E-state index in [1.54, 1.807) is 7.11 Å². The van der Waals surface area contributed by atoms with Crippen molar-refractivity contribution in [3.8, 4) is 0 Å². The van der Waals surface area contributed by atoms with Crippen molar-refractivity contribution in [2.75, 3.05) is 20.8 Å². The van der Waals surface area contributed by atoms with E-state index in [1.807, 2.05) is 19.4 Å². The molecular formula is C13H25N3O. The van der Waals surface area contributed by atoms with Gasteiger partial charge < -0.3 is 14.6 Å². The topological polar surface area (TPSA) is 39.1 Å². The molecule has 0 amide bonds. The zero-order valence-electron chi connectivity index (χ0n) is 11.4. The van der Waals surface area contributed by atoms with E-state index in [1.165, 1.54) is 0 Å². The van der Waals surface area contributed by atoms with Crippen LogP contribution in [-0.4, -0.2) is 36.4 Å². The molecule has 0 bridgehead atoms. The van der Waals surface area contributed by atoms with E-state index in [2.05, 4.69) is 28.7 Å². The first-order valence-corrected chi connectivity index (χ1v) is 6.37. The molecule has 98 valence electrons. The number of aryl methyl sites for hydroxylation is 1. The molecule has 0 spiro atoms. The summed E-state index contributed by atoms with van der Waals surface area (Å²) in [6.07, 6.45) is 6.01. The van der Waals surface area contributed by atoms with Gasteiger partial charge in [0.1, 0.15) is 5.82 Å². The van der Waals surface area contributed by atoms with Crippen molar-refractivity contribution in [2.24, 2.45) is 5.92 Å². The molecule has 1 N–H and O–H groups in total. The maximum absolute atomic E-state index is 5.18. The fourth-order valence-corrected chi connectivity index (χ4v) is 2.18. The minimum absolute atomic E-state index is 0.466. The zero-order valence-corrected chi connectivity index (χ0v) is 11.4. The van der Waals surface area contributed by atoms with Crippen molar-refractivity contribution < 1.29 is 4.74 Å². The van der Waals surface area contributed by atoms with E-state index in [4.69, 9.17) is 4.74 Å². The highest BCUT2D eigenvalue weighted by Gasteiger charge is 2.14. The van der Waals surface area contributed by atoms with Gasteiger partial charge in [0.15, 0.2) is 0 Å². The van der Waals surface area contributed by atoms with Crippen LogP contribution in [0.15, 0.2) is 12.4 Å². The van der Waals surface area contributed by atoms with Crippen molar-refractivity contribution in [1.82, 2.24) is 14.9 Å². The number of nitrogens with zero attached hydrogens (tertiary/aromatic N) is 2. The molecule has 0 aromatic carbocycles. The SMILES string of the molecule is CCn1ccnc1CC(CC(C)COC)NC. The Morgan fingerprint density at radius 2 is 2.29 bits per heavy atom. The Morgan fingerprint density at radius 1 is 1.53 bits per heavy atom. The number of likely N-dealkylation sites (N-methyl/N-ethyl adjacent to an activating group) is 1. The third-order valence-corrected chi connectivity index (χ3v) is 3.12. The largest absolute Gasteiger partial charge is 0.384 e. The molecule has 1 aromatic heterocycles. The second-order valence-electron chi connectivity index (χ2n) is 4.62. The minimum Gasteiger partial charge on any atom is -0.384 e. The van der Waals surface area contributed by atoms with E-state index in [9.17, 15) is 0 Å². The van der Waals surface area contributed by atoms with Crippen molar-refractivity contribution in [1.29, 1.82) is 0 Å². The highest BCUT2D eigenvalue weighted by atomic mass is 16.5. The van der Waals surface area contributed by atoms with Gasteiger partial charge in [-0.3, -0.25) is 0 Å². The Kier molecular flexibility index (Phi) is 6.22. The number of nitrogens with one attached hydrogen (secondary N) is 1. The van der Waals surface area contributed by atoms with Crippen molar-refractivity contribution in [3.63, 3.8) is 0 Å². The van der Waals surface area contributed by atoms with E-state index >= 15 is 0 Å². The molecule has 0 aliphatic heterocycles. The van der Waals surface area contributed by atoms with Gasteiger partial charge in [-0.25, -0.2) is 4.98 Å². The standard InChI is InChI=1S/C13H25N3O/c1-5-16-7-6-15-13(16)9-12(14-3)8-11(2)10-17-4/h6-7,11-12,14H,5,8-10H2,1-4H3. The van der Waals surface area contributed by atoms with Gasteiger partial charge in [0.05, 0.1) is 0 Å². The highest BCUT2D eigenvalue weighted by Crippen LogP contribution is 2.11. The summed E-state index contributed by atoms with van der Waals surface area (Å²) in [5.74, 6) is 1.74. The minimum atomic E-state index is 0.466. The Morgan fingerprint density at radius 3 is 2.88 bits per heavy atom. The van der Waals surface area contributed by atoms with Gasteiger partial charge in [-0.1, -0.05) is 6.92 Å². The summed E-state index contributed by atoms with van der Waals surface area (Å²) in [5, 5.41) is 3.37. The van der Waals surface area contributed by atoms with Gasteiger partial charge in [-0.2, -0.15) is 0 Å². The second kappa shape index (κ2) is 7.45. The first-order chi connectivity index (χ1) is 8.21. The fourth-order valence-electron chi connectivity index (χ4n) is 2.18. The van der Waals surface area contributed by atoms with Gasteiger partial charge in [-0.05, 0) is 26.3 Å². The molecular weight excluding hydrogens is 214 g/mol. The number of imidazole rings is 1. The number of aromatic nitrogens is 2. The average Bonchev–Trinajstić information content (AvgIpc) is 2.75. The third kappa shape index (κ3) is 4.48. The molecule has 4 heteroatoms. The molecule has 2 unspecified atom stereocenters. The lowest BCUT2D eigenvalue weighted by Gasteiger charge is -2.20. The van der Waals surface area contributed by atoms with Crippen LogP contribution in [0.5, 0.6) is 0 Å². The van der Waals surface area contributed by atoms with Gasteiger partial charge in [0.25, 0.3) is 0 Å². The molecule has 0 saturated heterocycles. The quantitative estimate of drug-likeness (QED) is 0.750. The summed E-state index contributed by atoms with van der Waals surface area (Å²) in [6.45, 7) is 6.17. The van der Waals surface area contributed by atoms with Crippen molar-refractivity contribution in [3.05, 3.63) is 18.2 Å². The summed E-state index contributed by atoms with van der Waals surface area (Å²) in [7, 11) is 3.78. The maximum atomic E-state index is 5.18. The van der Waals surface area contributed by atoms with Crippen LogP contribution < -0.4 is 5.32 Å². The first-order valence-electron chi connectivity index (χ1n) is 6.37. The molecule has 0 aliphatic carbocycles. The van der Waals surface area contributed by atoms with Crippen LogP contribution in [-0.2, 0) is 17.7 Å². The average molecular weight is 239 g/mol. The fraction of sp³-hybridized carbons (Fsp3) is 0.769. The lowest BCUT2D eigenvalue weighted by molar-refractivity contribution is 0.149. The zero-order chi connectivity index (χ0) is 12.7. The third-order valence-electron chi connectivity index (χ3n) is 3.12. The van der Waals surface area contributed by atoms with E-state index in [-0.39, 0.29) is 0 Å². The monoisotopic (exact) mass is 239 g/mol. The van der Waals surface area contributed by atoms with E-state index < -0.39 is 0 Å². The summed E-state index contributed by atoms with van der Waals surface area (Å²) in [5.41, 5.74) is 0. The predicted octanol–water partition coefficient (Wildman–Crippen LogP) is 1.71. The van der Waals surface area contributed by atoms with Crippen LogP contribution in [0.25, 0.3) is 0 Å². The normalized spacial score (nSPS) is 14.8. The number of hydrogen-bond donors (Lipinski definition) is 1. The molecule has 2 atom stereocenters. The van der Waals surface area contributed by atoms with Gasteiger partial charge in [0, 0.05) is 45.1 Å². The van der Waals surface area contributed by atoms with Crippen LogP contribution in [0.4, 0.5) is 0 Å². The summed E-state index contributed by atoms with van der Waals surface area (Å²) >= 11 is 0. The van der Waals surface area contributed by atoms with Crippen LogP contribution in [0, 0.1) is 5.92 Å². The highest BCUT2D eigenvalue weighted by molar-refractivity contribution is 4.95. The van der Waals surface area contributed by atoms with Crippen molar-refractivity contribution in [2.45, 2.75) is 39.3 Å². The van der Waals surface area contributed by atoms with Crippen LogP contribution >= 0.6 is 0 Å². The van der Waals surface area contributed by atoms with Gasteiger partial charge in [0.2, 0.25) is 0 Å². The molecule has 1 rings (SSSR count). The second-order valence-corrected chi connectivity index (χ2v) is 4.62. The predicted molar refractivity (Wildman–Crippen MR) is 70.1 cm³/mol. The molecule has 0 aliphatic rings. The lowest BCUT2D eigenvalue weighted by atomic mass is 10.00. The van der Waals surface area contributed by atoms with E-state index in [0.29, 0.717) is 12.0 Å². The molecule has 0 radical (unpaired) electrons. The summed E-state index contributed by atoms with van der Waals surface area (Å²) in [4.78, 5) is 4.42. The number of methoxy groups -OCH3 is 1. The smallest absolute Gasteiger partial charge is 0.110 e. The molecule has 0 fully saturated rings. The Balaban J connectivity index is 2.51. The number of ether oxygens (including phenoxy) is 1.